The lowest BCUT2D eigenvalue weighted by atomic mass is 9.95. The summed E-state index contributed by atoms with van der Waals surface area (Å²) in [6.07, 6.45) is 1.08. The Morgan fingerprint density at radius 1 is 1.00 bits per heavy atom. The van der Waals surface area contributed by atoms with Gasteiger partial charge in [-0.15, -0.1) is 5.54 Å². The van der Waals surface area contributed by atoms with Crippen molar-refractivity contribution in [2.45, 2.75) is 109 Å². The van der Waals surface area contributed by atoms with Crippen molar-refractivity contribution in [3.63, 3.8) is 0 Å². The average molecular weight is 746 g/mol. The maximum atomic E-state index is 17.3. The molecule has 3 fully saturated rings. The van der Waals surface area contributed by atoms with Crippen LogP contribution >= 0.6 is 0 Å². The second kappa shape index (κ2) is 14.1. The molecule has 2 aromatic carbocycles. The summed E-state index contributed by atoms with van der Waals surface area (Å²) in [5.41, 5.74) is 4.66. The fraction of sp³-hybridized carbons (Fsp3) is 0.537. The van der Waals surface area contributed by atoms with E-state index in [0.29, 0.717) is 76.8 Å². The number of anilines is 1. The summed E-state index contributed by atoms with van der Waals surface area (Å²) in [6.45, 7) is 17.0. The molecule has 282 valence electrons. The molecule has 0 saturated carbocycles. The molecule has 3 aliphatic heterocycles. The summed E-state index contributed by atoms with van der Waals surface area (Å²) in [5.74, 6) is 2.20. The smallest absolute Gasteiger partial charge is 0.319 e. The molecule has 0 amide bonds. The van der Waals surface area contributed by atoms with E-state index >= 15 is 8.78 Å². The third-order valence-electron chi connectivity index (χ3n) is 12.2. The summed E-state index contributed by atoms with van der Waals surface area (Å²) in [7, 11) is -2.29. The highest BCUT2D eigenvalue weighted by Crippen LogP contribution is 2.44. The third kappa shape index (κ3) is 6.42. The van der Waals surface area contributed by atoms with Crippen molar-refractivity contribution in [2.24, 2.45) is 0 Å². The lowest BCUT2D eigenvalue weighted by Crippen LogP contribution is -2.43. The molecule has 0 aliphatic carbocycles. The number of nitrogens with zero attached hydrogens (tertiary/aromatic N) is 5. The Balaban J connectivity index is 1.43. The van der Waals surface area contributed by atoms with Crippen molar-refractivity contribution in [1.29, 1.82) is 0 Å². The number of β-amino-alcohol motifs (C(OH)–C–C–N with tert-alkyl or cyclic N) is 1. The number of hydrogen-bond acceptors (Lipinski definition) is 8. The van der Waals surface area contributed by atoms with Crippen LogP contribution in [-0.2, 0) is 0 Å². The van der Waals surface area contributed by atoms with Crippen molar-refractivity contribution in [3.8, 4) is 34.5 Å². The van der Waals surface area contributed by atoms with Crippen molar-refractivity contribution >= 4 is 35.6 Å². The van der Waals surface area contributed by atoms with Crippen LogP contribution in [0.5, 0.6) is 11.8 Å². The Morgan fingerprint density at radius 3 is 2.42 bits per heavy atom. The van der Waals surface area contributed by atoms with Gasteiger partial charge in [-0.05, 0) is 72.9 Å². The monoisotopic (exact) mass is 745 g/mol. The highest BCUT2D eigenvalue weighted by atomic mass is 28.3. The van der Waals surface area contributed by atoms with Crippen LogP contribution in [0.25, 0.3) is 32.9 Å². The fourth-order valence-corrected chi connectivity index (χ4v) is 14.9. The number of hydrogen-bond donors (Lipinski definition) is 2. The molecule has 7 rings (SSSR count). The van der Waals surface area contributed by atoms with E-state index in [9.17, 15) is 14.6 Å². The molecule has 8 nitrogen and oxygen atoms in total. The molecular weight excluding hydrogens is 696 g/mol. The maximum absolute atomic E-state index is 17.3. The largest absolute Gasteiger partial charge is 0.508 e. The zero-order chi connectivity index (χ0) is 38.0. The molecule has 53 heavy (non-hydrogen) atoms. The van der Waals surface area contributed by atoms with Crippen molar-refractivity contribution in [2.75, 3.05) is 37.7 Å². The number of aryl methyl sites for hydroxylation is 1. The lowest BCUT2D eigenvalue weighted by Gasteiger charge is -2.38. The van der Waals surface area contributed by atoms with E-state index in [1.807, 2.05) is 4.90 Å². The van der Waals surface area contributed by atoms with Crippen LogP contribution in [0.4, 0.5) is 19.0 Å². The molecule has 12 heteroatoms. The molecule has 3 saturated heterocycles. The van der Waals surface area contributed by atoms with Crippen molar-refractivity contribution in [3.05, 3.63) is 47.2 Å². The van der Waals surface area contributed by atoms with Gasteiger partial charge in [0.05, 0.1) is 28.3 Å². The van der Waals surface area contributed by atoms with Crippen LogP contribution in [0.3, 0.4) is 0 Å². The molecule has 4 aromatic rings. The number of phenols is 1. The van der Waals surface area contributed by atoms with Crippen LogP contribution in [0.2, 0.25) is 16.6 Å². The van der Waals surface area contributed by atoms with Crippen LogP contribution in [0.15, 0.2) is 24.3 Å². The first-order valence-electron chi connectivity index (χ1n) is 19.0. The van der Waals surface area contributed by atoms with Gasteiger partial charge >= 0.3 is 6.01 Å². The summed E-state index contributed by atoms with van der Waals surface area (Å²) in [6, 6.07) is 5.77. The zero-order valence-electron chi connectivity index (χ0n) is 31.7. The number of benzene rings is 2. The molecule has 5 heterocycles. The van der Waals surface area contributed by atoms with E-state index in [1.54, 1.807) is 13.0 Å². The number of aromatic nitrogens is 3. The Kier molecular flexibility index (Phi) is 9.91. The summed E-state index contributed by atoms with van der Waals surface area (Å²) >= 11 is 0. The van der Waals surface area contributed by atoms with Gasteiger partial charge in [-0.25, -0.2) is 18.2 Å². The molecule has 0 radical (unpaired) electrons. The normalized spacial score (nSPS) is 22.1. The first-order valence-corrected chi connectivity index (χ1v) is 21.2. The number of fused-ring (bicyclic) bond motifs is 3. The van der Waals surface area contributed by atoms with E-state index in [0.717, 1.165) is 19.4 Å². The van der Waals surface area contributed by atoms with E-state index in [2.05, 4.69) is 62.9 Å². The Morgan fingerprint density at radius 2 is 1.74 bits per heavy atom. The maximum Gasteiger partial charge on any atom is 0.319 e. The van der Waals surface area contributed by atoms with Gasteiger partial charge in [0.2, 0.25) is 0 Å². The second-order valence-corrected chi connectivity index (χ2v) is 21.9. The van der Waals surface area contributed by atoms with E-state index < -0.39 is 37.5 Å². The molecule has 3 aliphatic rings. The van der Waals surface area contributed by atoms with Gasteiger partial charge < -0.3 is 19.8 Å². The average Bonchev–Trinajstić information content (AvgIpc) is 3.79. The van der Waals surface area contributed by atoms with E-state index in [4.69, 9.17) is 14.7 Å². The molecule has 2 aromatic heterocycles. The van der Waals surface area contributed by atoms with Crippen LogP contribution < -0.4 is 9.64 Å². The van der Waals surface area contributed by atoms with Gasteiger partial charge in [0.15, 0.2) is 5.82 Å². The van der Waals surface area contributed by atoms with Gasteiger partial charge in [0.1, 0.15) is 49.4 Å². The number of aliphatic hydroxyl groups excluding tert-OH is 1. The van der Waals surface area contributed by atoms with Crippen molar-refractivity contribution < 1.29 is 28.1 Å². The number of aromatic hydroxyl groups is 1. The predicted octanol–water partition coefficient (Wildman–Crippen LogP) is 8.23. The van der Waals surface area contributed by atoms with Gasteiger partial charge in [0.25, 0.3) is 0 Å². The van der Waals surface area contributed by atoms with Crippen molar-refractivity contribution in [1.82, 2.24) is 19.9 Å². The van der Waals surface area contributed by atoms with Crippen LogP contribution in [-0.4, -0.2) is 88.7 Å². The van der Waals surface area contributed by atoms with Crippen LogP contribution in [0, 0.1) is 30.0 Å². The fourth-order valence-electron chi connectivity index (χ4n) is 9.70. The topological polar surface area (TPSA) is 94.8 Å². The summed E-state index contributed by atoms with van der Waals surface area (Å²) in [5, 5.41) is 22.6. The third-order valence-corrected chi connectivity index (χ3v) is 18.5. The minimum Gasteiger partial charge on any atom is -0.508 e. The van der Waals surface area contributed by atoms with Gasteiger partial charge in [-0.3, -0.25) is 4.90 Å². The lowest BCUT2D eigenvalue weighted by molar-refractivity contribution is 0.107. The first kappa shape index (κ1) is 37.4. The number of ether oxygens (including phenoxy) is 1. The number of alkyl halides is 1. The molecule has 2 N–H and O–H groups in total. The molecule has 3 atom stereocenters. The number of rotatable bonds is 8. The highest BCUT2D eigenvalue weighted by molar-refractivity contribution is 6.90. The number of halogens is 3. The van der Waals surface area contributed by atoms with Gasteiger partial charge in [-0.1, -0.05) is 53.5 Å². The Labute approximate surface area is 310 Å². The van der Waals surface area contributed by atoms with Gasteiger partial charge in [0, 0.05) is 37.0 Å². The summed E-state index contributed by atoms with van der Waals surface area (Å²) in [4.78, 5) is 18.1. The minimum absolute atomic E-state index is 0.0455. The molecule has 0 spiro atoms. The zero-order valence-corrected chi connectivity index (χ0v) is 32.7. The van der Waals surface area contributed by atoms with Gasteiger partial charge in [-0.2, -0.15) is 9.97 Å². The van der Waals surface area contributed by atoms with E-state index in [1.165, 1.54) is 18.2 Å². The number of aliphatic hydroxyl groups is 1. The highest BCUT2D eigenvalue weighted by Gasteiger charge is 2.49. The Bertz CT molecular complexity index is 2110. The quantitative estimate of drug-likeness (QED) is 0.138. The second-order valence-electron chi connectivity index (χ2n) is 16.3. The molecule has 0 unspecified atom stereocenters. The van der Waals surface area contributed by atoms with Crippen LogP contribution in [0.1, 0.15) is 78.5 Å². The SMILES string of the molecule is Cc1nc(-c2cc(O)cc3ccc(F)c(C#C[Si](C(C)C)(C(C)C)C(C)C)c23)c(F)c2nc(OC[C@@]34CCCN3C[C@H](F)C4)nc(N3CC[C@@H](O)C3)c12. The standard InChI is InChI=1S/C41H50F3N5O3Si/c1-23(2)53(24(3)4,25(5)6)16-12-31-33(43)10-9-27-17-30(51)18-32(35(27)31)37-36(44)38-34(26(7)45-37)39(48-15-11-29(50)21-48)47-40(46-38)52-22-41-13-8-14-49(41)20-28(42)19-41/h9-10,17-18,23-25,28-29,50-51H,8,11,13-15,19-22H2,1-7H3/t28-,29-,41+/m1/s1. The molecule has 0 bridgehead atoms. The number of pyridine rings is 1. The minimum atomic E-state index is -2.29. The summed E-state index contributed by atoms with van der Waals surface area (Å²) < 4.78 is 54.2. The Hall–Kier alpha value is -3.92. The predicted molar refractivity (Wildman–Crippen MR) is 206 cm³/mol. The number of phenolic OH excluding ortho intramolecular Hbond substituents is 1. The molecular formula is C41H50F3N5O3Si. The first-order chi connectivity index (χ1) is 25.1. The van der Waals surface area contributed by atoms with E-state index in [-0.39, 0.29) is 40.7 Å².